The van der Waals surface area contributed by atoms with Gasteiger partial charge in [0.05, 0.1) is 10.4 Å². The van der Waals surface area contributed by atoms with E-state index in [1.807, 2.05) is 25.1 Å². The molecule has 0 aliphatic heterocycles. The molecule has 114 valence electrons. The normalized spacial score (nSPS) is 12.5. The van der Waals surface area contributed by atoms with Crippen LogP contribution in [0.5, 0.6) is 0 Å². The average Bonchev–Trinajstić information content (AvgIpc) is 2.89. The number of nitrogens with one attached hydrogen (secondary N) is 1. The molecule has 4 nitrogen and oxygen atoms in total. The summed E-state index contributed by atoms with van der Waals surface area (Å²) in [6.45, 7) is 2.77. The molecule has 1 unspecified atom stereocenters. The van der Waals surface area contributed by atoms with Crippen LogP contribution in [0.4, 0.5) is 5.69 Å². The van der Waals surface area contributed by atoms with Crippen LogP contribution in [0.2, 0.25) is 0 Å². The summed E-state index contributed by atoms with van der Waals surface area (Å²) in [5.41, 5.74) is 9.03. The SMILES string of the molecule is CC(N)Cc1cc2nnc(Br)c(NCc3ccccc3)c2s1. The van der Waals surface area contributed by atoms with Crippen molar-refractivity contribution in [3.05, 3.63) is 51.4 Å². The second-order valence-corrected chi connectivity index (χ2v) is 7.20. The highest BCUT2D eigenvalue weighted by Crippen LogP contribution is 2.35. The van der Waals surface area contributed by atoms with E-state index in [0.29, 0.717) is 0 Å². The van der Waals surface area contributed by atoms with Gasteiger partial charge in [-0.15, -0.1) is 21.5 Å². The van der Waals surface area contributed by atoms with E-state index in [9.17, 15) is 0 Å². The maximum absolute atomic E-state index is 5.89. The molecule has 3 aromatic rings. The Morgan fingerprint density at radius 3 is 2.77 bits per heavy atom. The van der Waals surface area contributed by atoms with Gasteiger partial charge in [-0.05, 0) is 40.9 Å². The molecule has 0 fully saturated rings. The first kappa shape index (κ1) is 15.4. The maximum Gasteiger partial charge on any atom is 0.153 e. The predicted molar refractivity (Wildman–Crippen MR) is 96.2 cm³/mol. The van der Waals surface area contributed by atoms with Gasteiger partial charge in [-0.2, -0.15) is 0 Å². The van der Waals surface area contributed by atoms with Crippen molar-refractivity contribution >= 4 is 43.2 Å². The largest absolute Gasteiger partial charge is 0.378 e. The number of hydrogen-bond donors (Lipinski definition) is 2. The number of aromatic nitrogens is 2. The number of fused-ring (bicyclic) bond motifs is 1. The predicted octanol–water partition coefficient (Wildman–Crippen LogP) is 3.96. The number of anilines is 1. The molecule has 1 aromatic carbocycles. The van der Waals surface area contributed by atoms with Crippen LogP contribution in [0.1, 0.15) is 17.4 Å². The van der Waals surface area contributed by atoms with Gasteiger partial charge in [0.1, 0.15) is 5.52 Å². The van der Waals surface area contributed by atoms with E-state index in [-0.39, 0.29) is 6.04 Å². The van der Waals surface area contributed by atoms with Crippen molar-refractivity contribution in [1.29, 1.82) is 0 Å². The number of nitrogens with two attached hydrogens (primary N) is 1. The molecular weight excluding hydrogens is 360 g/mol. The molecule has 0 saturated heterocycles. The molecule has 0 amide bonds. The van der Waals surface area contributed by atoms with E-state index < -0.39 is 0 Å². The molecule has 6 heteroatoms. The molecule has 0 spiro atoms. The first-order chi connectivity index (χ1) is 10.6. The van der Waals surface area contributed by atoms with Crippen molar-refractivity contribution in [1.82, 2.24) is 10.2 Å². The highest BCUT2D eigenvalue weighted by atomic mass is 79.9. The van der Waals surface area contributed by atoms with E-state index in [1.54, 1.807) is 11.3 Å². The summed E-state index contributed by atoms with van der Waals surface area (Å²) in [5, 5.41) is 11.9. The zero-order chi connectivity index (χ0) is 15.5. The Morgan fingerprint density at radius 1 is 1.27 bits per heavy atom. The summed E-state index contributed by atoms with van der Waals surface area (Å²) in [4.78, 5) is 1.24. The summed E-state index contributed by atoms with van der Waals surface area (Å²) in [6.07, 6.45) is 0.858. The Hall–Kier alpha value is -1.50. The molecule has 0 aliphatic rings. The Kier molecular flexibility index (Phi) is 4.71. The summed E-state index contributed by atoms with van der Waals surface area (Å²) >= 11 is 5.22. The molecular formula is C16H17BrN4S. The van der Waals surface area contributed by atoms with Crippen molar-refractivity contribution in [2.75, 3.05) is 5.32 Å². The second kappa shape index (κ2) is 6.73. The van der Waals surface area contributed by atoms with Crippen molar-refractivity contribution < 1.29 is 0 Å². The molecule has 3 rings (SSSR count). The van der Waals surface area contributed by atoms with Gasteiger partial charge in [-0.3, -0.25) is 0 Å². The van der Waals surface area contributed by atoms with Gasteiger partial charge in [-0.25, -0.2) is 0 Å². The fraction of sp³-hybridized carbons (Fsp3) is 0.250. The third kappa shape index (κ3) is 3.45. The second-order valence-electron chi connectivity index (χ2n) is 5.31. The van der Waals surface area contributed by atoms with Crippen LogP contribution in [0, 0.1) is 0 Å². The molecule has 2 heterocycles. The average molecular weight is 377 g/mol. The third-order valence-electron chi connectivity index (χ3n) is 3.28. The minimum Gasteiger partial charge on any atom is -0.378 e. The zero-order valence-electron chi connectivity index (χ0n) is 12.2. The summed E-state index contributed by atoms with van der Waals surface area (Å²) < 4.78 is 1.86. The van der Waals surface area contributed by atoms with E-state index in [2.05, 4.69) is 49.6 Å². The lowest BCUT2D eigenvalue weighted by atomic mass is 10.2. The number of rotatable bonds is 5. The topological polar surface area (TPSA) is 63.8 Å². The smallest absolute Gasteiger partial charge is 0.153 e. The van der Waals surface area contributed by atoms with Gasteiger partial charge in [0, 0.05) is 17.5 Å². The highest BCUT2D eigenvalue weighted by Gasteiger charge is 2.13. The summed E-state index contributed by atoms with van der Waals surface area (Å²) in [7, 11) is 0. The fourth-order valence-electron chi connectivity index (χ4n) is 2.28. The number of nitrogens with zero attached hydrogens (tertiary/aromatic N) is 2. The fourth-order valence-corrected chi connectivity index (χ4v) is 4.09. The molecule has 1 atom stereocenters. The molecule has 0 saturated carbocycles. The quantitative estimate of drug-likeness (QED) is 0.707. The number of thiophene rings is 1. The molecule has 22 heavy (non-hydrogen) atoms. The zero-order valence-corrected chi connectivity index (χ0v) is 14.6. The molecule has 3 N–H and O–H groups in total. The lowest BCUT2D eigenvalue weighted by Crippen LogP contribution is -2.16. The van der Waals surface area contributed by atoms with Crippen LogP contribution in [-0.4, -0.2) is 16.2 Å². The van der Waals surface area contributed by atoms with Crippen LogP contribution in [0.3, 0.4) is 0 Å². The standard InChI is InChI=1S/C16H17BrN4S/c1-10(18)7-12-8-13-15(22-12)14(16(17)21-20-13)19-9-11-5-3-2-4-6-11/h2-6,8,10H,7,9,18H2,1H3,(H,19,20). The van der Waals surface area contributed by atoms with E-state index >= 15 is 0 Å². The van der Waals surface area contributed by atoms with Crippen LogP contribution < -0.4 is 11.1 Å². The summed E-state index contributed by atoms with van der Waals surface area (Å²) in [6, 6.07) is 12.5. The van der Waals surface area contributed by atoms with Gasteiger partial charge >= 0.3 is 0 Å². The van der Waals surface area contributed by atoms with Gasteiger partial charge in [-0.1, -0.05) is 30.3 Å². The lowest BCUT2D eigenvalue weighted by Gasteiger charge is -2.08. The Morgan fingerprint density at radius 2 is 2.05 bits per heavy atom. The highest BCUT2D eigenvalue weighted by molar-refractivity contribution is 9.10. The molecule has 0 aliphatic carbocycles. The van der Waals surface area contributed by atoms with Crippen LogP contribution in [0.25, 0.3) is 10.2 Å². The minimum absolute atomic E-state index is 0.144. The van der Waals surface area contributed by atoms with Crippen molar-refractivity contribution in [3.63, 3.8) is 0 Å². The van der Waals surface area contributed by atoms with Gasteiger partial charge in [0.15, 0.2) is 4.60 Å². The Balaban J connectivity index is 1.90. The van der Waals surface area contributed by atoms with E-state index in [1.165, 1.54) is 10.4 Å². The first-order valence-electron chi connectivity index (χ1n) is 7.11. The van der Waals surface area contributed by atoms with E-state index in [4.69, 9.17) is 5.73 Å². The van der Waals surface area contributed by atoms with Crippen LogP contribution in [-0.2, 0) is 13.0 Å². The maximum atomic E-state index is 5.89. The minimum atomic E-state index is 0.144. The van der Waals surface area contributed by atoms with Crippen molar-refractivity contribution in [2.45, 2.75) is 25.9 Å². The molecule has 2 aromatic heterocycles. The number of halogens is 1. The first-order valence-corrected chi connectivity index (χ1v) is 8.72. The third-order valence-corrected chi connectivity index (χ3v) is 5.00. The number of hydrogen-bond acceptors (Lipinski definition) is 5. The lowest BCUT2D eigenvalue weighted by molar-refractivity contribution is 0.747. The summed E-state index contributed by atoms with van der Waals surface area (Å²) in [5.74, 6) is 0. The van der Waals surface area contributed by atoms with Crippen LogP contribution >= 0.6 is 27.3 Å². The van der Waals surface area contributed by atoms with Gasteiger partial charge < -0.3 is 11.1 Å². The van der Waals surface area contributed by atoms with Gasteiger partial charge in [0.2, 0.25) is 0 Å². The van der Waals surface area contributed by atoms with Crippen LogP contribution in [0.15, 0.2) is 41.0 Å². The van der Waals surface area contributed by atoms with E-state index in [0.717, 1.165) is 33.5 Å². The Labute approximate surface area is 141 Å². The van der Waals surface area contributed by atoms with Crippen molar-refractivity contribution in [2.24, 2.45) is 5.73 Å². The Bertz CT molecular complexity index is 770. The van der Waals surface area contributed by atoms with Gasteiger partial charge in [0.25, 0.3) is 0 Å². The van der Waals surface area contributed by atoms with Crippen molar-refractivity contribution in [3.8, 4) is 0 Å². The molecule has 0 radical (unpaired) electrons. The molecule has 0 bridgehead atoms. The number of benzene rings is 1. The monoisotopic (exact) mass is 376 g/mol.